The minimum atomic E-state index is -0.161. The van der Waals surface area contributed by atoms with E-state index < -0.39 is 0 Å². The van der Waals surface area contributed by atoms with Crippen molar-refractivity contribution in [2.24, 2.45) is 16.8 Å². The number of aromatic nitrogens is 2. The van der Waals surface area contributed by atoms with Crippen LogP contribution in [0, 0.1) is 11.8 Å². The number of aliphatic hydroxyl groups excluding tert-OH is 1. The number of unbranched alkanes of at least 4 members (excludes halogenated alkanes) is 1. The summed E-state index contributed by atoms with van der Waals surface area (Å²) in [6.45, 7) is 5.51. The molecule has 1 aromatic heterocycles. The fraction of sp³-hybridized carbons (Fsp3) is 0.731. The zero-order valence-corrected chi connectivity index (χ0v) is 20.5. The van der Waals surface area contributed by atoms with Gasteiger partial charge in [-0.15, -0.1) is 0 Å². The quantitative estimate of drug-likeness (QED) is 0.474. The lowest BCUT2D eigenvalue weighted by Crippen LogP contribution is -2.31. The first-order chi connectivity index (χ1) is 16.1. The third-order valence-electron chi connectivity index (χ3n) is 7.43. The number of allylic oxidation sites excluding steroid dienone is 1. The lowest BCUT2D eigenvalue weighted by Gasteiger charge is -2.31. The molecule has 1 unspecified atom stereocenters. The Morgan fingerprint density at radius 1 is 1.12 bits per heavy atom. The minimum Gasteiger partial charge on any atom is -0.393 e. The van der Waals surface area contributed by atoms with Crippen molar-refractivity contribution in [1.29, 1.82) is 0 Å². The van der Waals surface area contributed by atoms with Gasteiger partial charge in [0, 0.05) is 25.0 Å². The molecule has 1 aliphatic carbocycles. The van der Waals surface area contributed by atoms with E-state index in [1.54, 1.807) is 0 Å². The van der Waals surface area contributed by atoms with Crippen molar-refractivity contribution < 1.29 is 5.11 Å². The summed E-state index contributed by atoms with van der Waals surface area (Å²) >= 11 is 0. The van der Waals surface area contributed by atoms with E-state index >= 15 is 0 Å². The van der Waals surface area contributed by atoms with Crippen molar-refractivity contribution in [1.82, 2.24) is 14.9 Å². The number of aliphatic hydroxyl groups is 1. The molecular formula is C26H42N6O. The molecular weight excluding hydrogens is 412 g/mol. The summed E-state index contributed by atoms with van der Waals surface area (Å²) < 4.78 is 0. The van der Waals surface area contributed by atoms with Crippen LogP contribution in [0.1, 0.15) is 76.7 Å². The molecule has 1 saturated heterocycles. The van der Waals surface area contributed by atoms with Gasteiger partial charge in [0.25, 0.3) is 0 Å². The molecule has 7 nitrogen and oxygen atoms in total. The highest BCUT2D eigenvalue weighted by molar-refractivity contribution is 5.81. The molecule has 0 radical (unpaired) electrons. The Balaban J connectivity index is 1.43. The van der Waals surface area contributed by atoms with Gasteiger partial charge in [0.2, 0.25) is 5.95 Å². The Labute approximate surface area is 199 Å². The number of nitrogens with one attached hydrogen (secondary N) is 2. The van der Waals surface area contributed by atoms with E-state index in [4.69, 9.17) is 9.98 Å². The topological polar surface area (TPSA) is 85.7 Å². The molecule has 1 saturated carbocycles. The average Bonchev–Trinajstić information content (AvgIpc) is 2.83. The van der Waals surface area contributed by atoms with Crippen LogP contribution in [0.3, 0.4) is 0 Å². The Kier molecular flexibility index (Phi) is 8.73. The highest BCUT2D eigenvalue weighted by atomic mass is 16.3. The Morgan fingerprint density at radius 3 is 2.61 bits per heavy atom. The van der Waals surface area contributed by atoms with Gasteiger partial charge in [-0.3, -0.25) is 4.99 Å². The smallest absolute Gasteiger partial charge is 0.224 e. The largest absolute Gasteiger partial charge is 0.393 e. The second-order valence-electron chi connectivity index (χ2n) is 10.2. The Morgan fingerprint density at radius 2 is 1.91 bits per heavy atom. The van der Waals surface area contributed by atoms with E-state index in [0.717, 1.165) is 74.5 Å². The summed E-state index contributed by atoms with van der Waals surface area (Å²) in [6, 6.07) is 0.330. The van der Waals surface area contributed by atoms with Gasteiger partial charge >= 0.3 is 0 Å². The van der Waals surface area contributed by atoms with Crippen LogP contribution in [0.25, 0.3) is 5.70 Å². The Hall–Kier alpha value is -1.99. The van der Waals surface area contributed by atoms with Gasteiger partial charge in [0.1, 0.15) is 5.82 Å². The highest BCUT2D eigenvalue weighted by Gasteiger charge is 2.24. The van der Waals surface area contributed by atoms with Crippen LogP contribution in [0.5, 0.6) is 0 Å². The van der Waals surface area contributed by atoms with E-state index in [2.05, 4.69) is 46.8 Å². The van der Waals surface area contributed by atoms with Crippen molar-refractivity contribution in [2.45, 2.75) is 83.3 Å². The number of nitrogens with zero attached hydrogens (tertiary/aromatic N) is 4. The van der Waals surface area contributed by atoms with E-state index in [9.17, 15) is 5.11 Å². The lowest BCUT2D eigenvalue weighted by molar-refractivity contribution is 0.126. The second kappa shape index (κ2) is 11.9. The number of aliphatic imine (C=N–C) groups is 1. The zero-order chi connectivity index (χ0) is 23.0. The normalized spacial score (nSPS) is 26.8. The van der Waals surface area contributed by atoms with Crippen LogP contribution in [0.15, 0.2) is 17.3 Å². The minimum absolute atomic E-state index is 0.161. The van der Waals surface area contributed by atoms with Gasteiger partial charge in [0.15, 0.2) is 0 Å². The van der Waals surface area contributed by atoms with E-state index in [-0.39, 0.29) is 6.10 Å². The molecule has 182 valence electrons. The molecule has 3 aliphatic rings. The third-order valence-corrected chi connectivity index (χ3v) is 7.43. The number of hydrogen-bond donors (Lipinski definition) is 3. The molecule has 0 bridgehead atoms. The SMILES string of the molecule is CCCCNc1ncc(C2=CCC(CC3CCN(C)CC3)C=N2)c(N[C@H]2CC[C@H](O)CC2)n1. The molecule has 2 fully saturated rings. The molecule has 0 amide bonds. The number of hydrogen-bond acceptors (Lipinski definition) is 7. The maximum Gasteiger partial charge on any atom is 0.224 e. The van der Waals surface area contributed by atoms with Crippen LogP contribution in [0.2, 0.25) is 0 Å². The molecule has 1 atom stereocenters. The summed E-state index contributed by atoms with van der Waals surface area (Å²) in [5, 5.41) is 16.9. The summed E-state index contributed by atoms with van der Waals surface area (Å²) in [4.78, 5) is 16.7. The molecule has 33 heavy (non-hydrogen) atoms. The summed E-state index contributed by atoms with van der Waals surface area (Å²) in [5.41, 5.74) is 1.96. The zero-order valence-electron chi connectivity index (χ0n) is 20.5. The molecule has 0 spiro atoms. The van der Waals surface area contributed by atoms with Crippen LogP contribution < -0.4 is 10.6 Å². The second-order valence-corrected chi connectivity index (χ2v) is 10.2. The van der Waals surface area contributed by atoms with Crippen LogP contribution >= 0.6 is 0 Å². The molecule has 7 heteroatoms. The summed E-state index contributed by atoms with van der Waals surface area (Å²) in [5.74, 6) is 2.89. The van der Waals surface area contributed by atoms with Crippen molar-refractivity contribution in [3.05, 3.63) is 17.8 Å². The third kappa shape index (κ3) is 7.00. The van der Waals surface area contributed by atoms with E-state index in [1.807, 2.05) is 6.20 Å². The van der Waals surface area contributed by atoms with Gasteiger partial charge in [-0.25, -0.2) is 4.98 Å². The molecule has 4 rings (SSSR count). The molecule has 3 N–H and O–H groups in total. The molecule has 0 aromatic carbocycles. The first-order valence-electron chi connectivity index (χ1n) is 13.1. The Bertz CT molecular complexity index is 809. The van der Waals surface area contributed by atoms with Gasteiger partial charge in [-0.2, -0.15) is 4.98 Å². The van der Waals surface area contributed by atoms with Crippen molar-refractivity contribution in [3.63, 3.8) is 0 Å². The summed E-state index contributed by atoms with van der Waals surface area (Å²) in [6.07, 6.45) is 17.0. The molecule has 3 heterocycles. The van der Waals surface area contributed by atoms with Crippen LogP contribution in [-0.4, -0.2) is 65.0 Å². The van der Waals surface area contributed by atoms with E-state index in [0.29, 0.717) is 17.9 Å². The van der Waals surface area contributed by atoms with Crippen molar-refractivity contribution in [2.75, 3.05) is 37.3 Å². The first-order valence-corrected chi connectivity index (χ1v) is 13.1. The monoisotopic (exact) mass is 454 g/mol. The molecule has 1 aromatic rings. The van der Waals surface area contributed by atoms with Gasteiger partial charge in [0.05, 0.1) is 17.4 Å². The number of rotatable bonds is 9. The number of likely N-dealkylation sites (tertiary alicyclic amines) is 1. The van der Waals surface area contributed by atoms with Crippen LogP contribution in [-0.2, 0) is 0 Å². The fourth-order valence-electron chi connectivity index (χ4n) is 5.18. The van der Waals surface area contributed by atoms with E-state index in [1.165, 1.54) is 32.4 Å². The van der Waals surface area contributed by atoms with Crippen molar-refractivity contribution >= 4 is 23.7 Å². The first kappa shape index (κ1) is 24.1. The predicted molar refractivity (Wildman–Crippen MR) is 137 cm³/mol. The van der Waals surface area contributed by atoms with Gasteiger partial charge in [-0.1, -0.05) is 19.4 Å². The van der Waals surface area contributed by atoms with Gasteiger partial charge < -0.3 is 20.6 Å². The lowest BCUT2D eigenvalue weighted by atomic mass is 9.85. The predicted octanol–water partition coefficient (Wildman–Crippen LogP) is 4.57. The molecule has 2 aliphatic heterocycles. The number of anilines is 2. The van der Waals surface area contributed by atoms with Crippen molar-refractivity contribution in [3.8, 4) is 0 Å². The standard InChI is InChI=1S/C26H42N6O/c1-3-4-13-27-26-29-18-23(25(31-26)30-21-6-8-22(33)9-7-21)24-10-5-20(17-28-24)16-19-11-14-32(2)15-12-19/h10,17-22,33H,3-9,11-16H2,1-2H3,(H2,27,29,30,31)/t20?,21-,22-. The van der Waals surface area contributed by atoms with Gasteiger partial charge in [-0.05, 0) is 89.8 Å². The summed E-state index contributed by atoms with van der Waals surface area (Å²) in [7, 11) is 2.22. The number of piperidine rings is 1. The van der Waals surface area contributed by atoms with Crippen LogP contribution in [0.4, 0.5) is 11.8 Å². The maximum atomic E-state index is 9.88. The highest BCUT2D eigenvalue weighted by Crippen LogP contribution is 2.32. The maximum absolute atomic E-state index is 9.88. The fourth-order valence-corrected chi connectivity index (χ4v) is 5.18. The average molecular weight is 455 g/mol.